The van der Waals surface area contributed by atoms with Crippen LogP contribution in [-0.4, -0.2) is 70.0 Å². The van der Waals surface area contributed by atoms with Gasteiger partial charge in [0.1, 0.15) is 11.8 Å². The lowest BCUT2D eigenvalue weighted by Crippen LogP contribution is -2.62. The van der Waals surface area contributed by atoms with E-state index in [1.165, 1.54) is 21.8 Å². The topological polar surface area (TPSA) is 51.2 Å². The Bertz CT molecular complexity index is 1100. The van der Waals surface area contributed by atoms with Crippen LogP contribution in [0, 0.1) is 3.57 Å². The molecule has 1 unspecified atom stereocenters. The minimum Gasteiger partial charge on any atom is -0.490 e. The van der Waals surface area contributed by atoms with E-state index in [2.05, 4.69) is 62.7 Å². The number of methoxy groups -OCH3 is 2. The van der Waals surface area contributed by atoms with Crippen LogP contribution in [-0.2, 0) is 26.1 Å². The first-order valence-electron chi connectivity index (χ1n) is 12.2. The predicted molar refractivity (Wildman–Crippen MR) is 146 cm³/mol. The van der Waals surface area contributed by atoms with E-state index in [-0.39, 0.29) is 23.5 Å². The summed E-state index contributed by atoms with van der Waals surface area (Å²) in [5.41, 5.74) is 3.72. The van der Waals surface area contributed by atoms with Gasteiger partial charge in [-0.1, -0.05) is 17.7 Å². The van der Waals surface area contributed by atoms with Gasteiger partial charge in [0.2, 0.25) is 0 Å². The van der Waals surface area contributed by atoms with E-state index < -0.39 is 0 Å². The molecule has 1 saturated heterocycles. The first kappa shape index (κ1) is 25.1. The summed E-state index contributed by atoms with van der Waals surface area (Å²) in [6.07, 6.45) is 4.28. The number of hydrogen-bond donors (Lipinski definition) is 0. The second kappa shape index (κ2) is 10.4. The third kappa shape index (κ3) is 4.89. The van der Waals surface area contributed by atoms with Crippen LogP contribution >= 0.6 is 34.2 Å². The fourth-order valence-corrected chi connectivity index (χ4v) is 6.67. The van der Waals surface area contributed by atoms with E-state index in [0.717, 1.165) is 61.8 Å². The maximum atomic E-state index is 12.5. The Morgan fingerprint density at radius 1 is 1.29 bits per heavy atom. The van der Waals surface area contributed by atoms with Crippen molar-refractivity contribution in [2.24, 2.45) is 0 Å². The number of likely N-dealkylation sites (tertiary alicyclic amines) is 1. The smallest absolute Gasteiger partial charge is 0.325 e. The molecular weight excluding hydrogens is 579 g/mol. The van der Waals surface area contributed by atoms with Gasteiger partial charge in [0.15, 0.2) is 0 Å². The van der Waals surface area contributed by atoms with Gasteiger partial charge in [-0.05, 0) is 89.7 Å². The predicted octanol–water partition coefficient (Wildman–Crippen LogP) is 4.68. The minimum atomic E-state index is -0.381. The van der Waals surface area contributed by atoms with Crippen LogP contribution in [0.25, 0.3) is 0 Å². The van der Waals surface area contributed by atoms with Crippen molar-refractivity contribution >= 4 is 45.8 Å². The normalized spacial score (nSPS) is 24.6. The van der Waals surface area contributed by atoms with Gasteiger partial charge in [0.05, 0.1) is 26.0 Å². The van der Waals surface area contributed by atoms with Gasteiger partial charge in [-0.15, -0.1) is 0 Å². The largest absolute Gasteiger partial charge is 0.490 e. The number of rotatable bonds is 6. The summed E-state index contributed by atoms with van der Waals surface area (Å²) in [5.74, 6) is 0.691. The van der Waals surface area contributed by atoms with Crippen LogP contribution in [0.4, 0.5) is 5.69 Å². The van der Waals surface area contributed by atoms with Gasteiger partial charge in [-0.3, -0.25) is 9.69 Å². The van der Waals surface area contributed by atoms with Crippen LogP contribution in [0.15, 0.2) is 36.4 Å². The number of esters is 1. The molecule has 6 nitrogen and oxygen atoms in total. The van der Waals surface area contributed by atoms with Crippen LogP contribution in [0.2, 0.25) is 5.02 Å². The molecule has 1 aliphatic carbocycles. The van der Waals surface area contributed by atoms with Crippen molar-refractivity contribution in [2.75, 3.05) is 52.0 Å². The molecule has 0 bridgehead atoms. The Hall–Kier alpha value is -1.55. The van der Waals surface area contributed by atoms with Crippen molar-refractivity contribution in [3.63, 3.8) is 0 Å². The van der Waals surface area contributed by atoms with Crippen molar-refractivity contribution in [2.45, 2.75) is 43.2 Å². The fourth-order valence-electron chi connectivity index (χ4n) is 6.00. The zero-order valence-corrected chi connectivity index (χ0v) is 23.2. The fraction of sp³-hybridized carbons (Fsp3) is 0.519. The van der Waals surface area contributed by atoms with Crippen LogP contribution in [0.5, 0.6) is 5.75 Å². The minimum absolute atomic E-state index is 0.106. The highest BCUT2D eigenvalue weighted by Gasteiger charge is 2.44. The number of hydrogen-bond acceptors (Lipinski definition) is 6. The molecule has 8 heteroatoms. The number of fused-ring (bicyclic) bond motifs is 3. The average Bonchev–Trinajstić information content (AvgIpc) is 2.98. The third-order valence-electron chi connectivity index (χ3n) is 7.82. The number of halogens is 2. The van der Waals surface area contributed by atoms with E-state index in [1.807, 2.05) is 6.07 Å². The maximum absolute atomic E-state index is 12.5. The SMILES string of the molecule is COCC(C(=O)OC)N1CC[C@H]1CN1C[C@@]2(CCCc3cc(Cl)ccc32)COc2ccc(I)cc21. The van der Waals surface area contributed by atoms with Gasteiger partial charge in [-0.25, -0.2) is 0 Å². The van der Waals surface area contributed by atoms with Gasteiger partial charge in [0.25, 0.3) is 0 Å². The number of aryl methyl sites for hydroxylation is 1. The second-order valence-electron chi connectivity index (χ2n) is 9.89. The van der Waals surface area contributed by atoms with E-state index in [4.69, 9.17) is 25.8 Å². The average molecular weight is 611 g/mol. The first-order chi connectivity index (χ1) is 16.9. The van der Waals surface area contributed by atoms with E-state index in [9.17, 15) is 4.79 Å². The van der Waals surface area contributed by atoms with Gasteiger partial charge >= 0.3 is 5.97 Å². The second-order valence-corrected chi connectivity index (χ2v) is 11.6. The molecule has 3 atom stereocenters. The van der Waals surface area contributed by atoms with E-state index >= 15 is 0 Å². The number of benzene rings is 2. The highest BCUT2D eigenvalue weighted by atomic mass is 127. The lowest BCUT2D eigenvalue weighted by atomic mass is 9.70. The molecule has 188 valence electrons. The zero-order valence-electron chi connectivity index (χ0n) is 20.3. The Kier molecular flexibility index (Phi) is 7.49. The summed E-state index contributed by atoms with van der Waals surface area (Å²) in [4.78, 5) is 17.2. The molecule has 3 aliphatic rings. The van der Waals surface area contributed by atoms with Crippen LogP contribution in [0.3, 0.4) is 0 Å². The standard InChI is InChI=1S/C27H32ClIN2O4/c1-33-15-24(26(32)34-2)31-11-9-21(31)14-30-16-27(17-35-25-8-6-20(29)13-23(25)30)10-3-4-18-12-19(28)5-7-22(18)27/h5-8,12-13,21,24H,3-4,9-11,14-17H2,1-2H3/t21-,24?,27-/m0/s1. The number of anilines is 1. The maximum Gasteiger partial charge on any atom is 0.325 e. The van der Waals surface area contributed by atoms with Crippen molar-refractivity contribution in [1.82, 2.24) is 4.90 Å². The molecule has 5 rings (SSSR count). The molecule has 2 aliphatic heterocycles. The molecule has 0 radical (unpaired) electrons. The van der Waals surface area contributed by atoms with Crippen molar-refractivity contribution in [1.29, 1.82) is 0 Å². The zero-order chi connectivity index (χ0) is 24.6. The molecule has 0 saturated carbocycles. The number of carbonyl (C=O) groups excluding carboxylic acids is 1. The quantitative estimate of drug-likeness (QED) is 0.350. The Labute approximate surface area is 226 Å². The molecule has 2 aromatic rings. The molecule has 0 N–H and O–H groups in total. The van der Waals surface area contributed by atoms with Gasteiger partial charge in [-0.2, -0.15) is 0 Å². The van der Waals surface area contributed by atoms with Gasteiger partial charge in [0, 0.05) is 46.8 Å². The summed E-state index contributed by atoms with van der Waals surface area (Å²) in [6.45, 7) is 3.53. The summed E-state index contributed by atoms with van der Waals surface area (Å²) in [6, 6.07) is 12.6. The van der Waals surface area contributed by atoms with Crippen molar-refractivity contribution in [3.8, 4) is 5.75 Å². The summed E-state index contributed by atoms with van der Waals surface area (Å²) >= 11 is 8.73. The van der Waals surface area contributed by atoms with Crippen molar-refractivity contribution in [3.05, 3.63) is 56.1 Å². The van der Waals surface area contributed by atoms with Gasteiger partial charge < -0.3 is 19.1 Å². The van der Waals surface area contributed by atoms with E-state index in [0.29, 0.717) is 13.2 Å². The first-order valence-corrected chi connectivity index (χ1v) is 13.7. The summed E-state index contributed by atoms with van der Waals surface area (Å²) in [7, 11) is 3.08. The lowest BCUT2D eigenvalue weighted by Gasteiger charge is -2.48. The molecule has 1 spiro atoms. The molecule has 0 amide bonds. The van der Waals surface area contributed by atoms with Crippen LogP contribution in [0.1, 0.15) is 30.4 Å². The number of ether oxygens (including phenoxy) is 3. The lowest BCUT2D eigenvalue weighted by molar-refractivity contribution is -0.153. The Morgan fingerprint density at radius 2 is 2.14 bits per heavy atom. The highest BCUT2D eigenvalue weighted by Crippen LogP contribution is 2.45. The Morgan fingerprint density at radius 3 is 2.89 bits per heavy atom. The van der Waals surface area contributed by atoms with Crippen LogP contribution < -0.4 is 9.64 Å². The molecule has 1 fully saturated rings. The molecule has 2 heterocycles. The molecule has 0 aromatic heterocycles. The highest BCUT2D eigenvalue weighted by molar-refractivity contribution is 14.1. The third-order valence-corrected chi connectivity index (χ3v) is 8.72. The molecular formula is C27H32ClIN2O4. The van der Waals surface area contributed by atoms with Crippen molar-refractivity contribution < 1.29 is 19.0 Å². The number of carbonyl (C=O) groups is 1. The summed E-state index contributed by atoms with van der Waals surface area (Å²) < 4.78 is 18.2. The van der Waals surface area contributed by atoms with E-state index in [1.54, 1.807) is 7.11 Å². The monoisotopic (exact) mass is 610 g/mol. The number of nitrogens with zero attached hydrogens (tertiary/aromatic N) is 2. The Balaban J connectivity index is 1.48. The molecule has 2 aromatic carbocycles. The molecule has 35 heavy (non-hydrogen) atoms. The summed E-state index contributed by atoms with van der Waals surface area (Å²) in [5, 5.41) is 0.794.